The highest BCUT2D eigenvalue weighted by Gasteiger charge is 2.35. The van der Waals surface area contributed by atoms with Gasteiger partial charge in [-0.25, -0.2) is 8.42 Å². The van der Waals surface area contributed by atoms with E-state index < -0.39 is 15.6 Å². The maximum absolute atomic E-state index is 12.7. The van der Waals surface area contributed by atoms with Crippen molar-refractivity contribution >= 4 is 10.0 Å². The number of aromatic nitrogens is 2. The van der Waals surface area contributed by atoms with Gasteiger partial charge >= 0.3 is 0 Å². The summed E-state index contributed by atoms with van der Waals surface area (Å²) in [6, 6.07) is 0. The van der Waals surface area contributed by atoms with Crippen molar-refractivity contribution in [2.75, 3.05) is 6.54 Å². The third-order valence-corrected chi connectivity index (χ3v) is 5.05. The number of H-pyrrole nitrogens is 1. The molecule has 0 radical (unpaired) electrons. The van der Waals surface area contributed by atoms with Crippen molar-refractivity contribution in [3.63, 3.8) is 0 Å². The second-order valence-electron chi connectivity index (χ2n) is 5.26. The van der Waals surface area contributed by atoms with Crippen LogP contribution in [0.3, 0.4) is 0 Å². The molecule has 0 aliphatic carbocycles. The minimum Gasteiger partial charge on any atom is -0.281 e. The van der Waals surface area contributed by atoms with Gasteiger partial charge < -0.3 is 0 Å². The van der Waals surface area contributed by atoms with Crippen LogP contribution in [0.1, 0.15) is 32.2 Å². The normalized spacial score (nSPS) is 13.0. The van der Waals surface area contributed by atoms with Gasteiger partial charge in [-0.15, -0.1) is 6.58 Å². The maximum atomic E-state index is 12.7. The SMILES string of the molecule is C=CCN(C(C)(C)C)S(=O)(=O)c1c(C)n[nH]c1C. The molecule has 5 nitrogen and oxygen atoms in total. The molecular formula is C12H21N3O2S. The largest absolute Gasteiger partial charge is 0.281 e. The van der Waals surface area contributed by atoms with Crippen molar-refractivity contribution in [2.45, 2.75) is 45.1 Å². The fourth-order valence-corrected chi connectivity index (χ4v) is 3.98. The number of rotatable bonds is 4. The van der Waals surface area contributed by atoms with Crippen molar-refractivity contribution in [2.24, 2.45) is 0 Å². The van der Waals surface area contributed by atoms with E-state index in [9.17, 15) is 8.42 Å². The Morgan fingerprint density at radius 2 is 1.94 bits per heavy atom. The van der Waals surface area contributed by atoms with Crippen molar-refractivity contribution in [1.82, 2.24) is 14.5 Å². The van der Waals surface area contributed by atoms with E-state index in [1.54, 1.807) is 19.9 Å². The van der Waals surface area contributed by atoms with E-state index in [0.717, 1.165) is 0 Å². The molecule has 6 heteroatoms. The minimum absolute atomic E-state index is 0.263. The van der Waals surface area contributed by atoms with E-state index >= 15 is 0 Å². The lowest BCUT2D eigenvalue weighted by atomic mass is 10.1. The van der Waals surface area contributed by atoms with Gasteiger partial charge in [0.2, 0.25) is 10.0 Å². The summed E-state index contributed by atoms with van der Waals surface area (Å²) in [5.74, 6) is 0. The first kappa shape index (κ1) is 14.9. The topological polar surface area (TPSA) is 66.1 Å². The van der Waals surface area contributed by atoms with Gasteiger partial charge in [0, 0.05) is 12.1 Å². The Labute approximate surface area is 109 Å². The number of hydrogen-bond donors (Lipinski definition) is 1. The number of aromatic amines is 1. The molecular weight excluding hydrogens is 250 g/mol. The van der Waals surface area contributed by atoms with E-state index in [2.05, 4.69) is 16.8 Å². The lowest BCUT2D eigenvalue weighted by Crippen LogP contribution is -2.45. The zero-order valence-corrected chi connectivity index (χ0v) is 12.4. The van der Waals surface area contributed by atoms with E-state index in [-0.39, 0.29) is 11.4 Å². The molecule has 0 fully saturated rings. The summed E-state index contributed by atoms with van der Waals surface area (Å²) in [4.78, 5) is 0.263. The average molecular weight is 271 g/mol. The molecule has 0 saturated carbocycles. The Hall–Kier alpha value is -1.14. The van der Waals surface area contributed by atoms with Crippen LogP contribution in [0.5, 0.6) is 0 Å². The van der Waals surface area contributed by atoms with Crippen LogP contribution in [-0.4, -0.2) is 35.0 Å². The first-order chi connectivity index (χ1) is 8.12. The highest BCUT2D eigenvalue weighted by molar-refractivity contribution is 7.89. The highest BCUT2D eigenvalue weighted by atomic mass is 32.2. The second kappa shape index (κ2) is 4.85. The Morgan fingerprint density at radius 1 is 1.39 bits per heavy atom. The van der Waals surface area contributed by atoms with Crippen LogP contribution in [0.4, 0.5) is 0 Å². The smallest absolute Gasteiger partial charge is 0.247 e. The summed E-state index contributed by atoms with van der Waals surface area (Å²) >= 11 is 0. The molecule has 0 aromatic carbocycles. The van der Waals surface area contributed by atoms with Crippen LogP contribution >= 0.6 is 0 Å². The average Bonchev–Trinajstić information content (AvgIpc) is 2.53. The van der Waals surface area contributed by atoms with E-state index in [1.165, 1.54) is 4.31 Å². The molecule has 1 N–H and O–H groups in total. The number of nitrogens with zero attached hydrogens (tertiary/aromatic N) is 2. The van der Waals surface area contributed by atoms with Gasteiger partial charge in [0.25, 0.3) is 0 Å². The summed E-state index contributed by atoms with van der Waals surface area (Å²) in [5, 5.41) is 6.66. The predicted molar refractivity (Wildman–Crippen MR) is 71.9 cm³/mol. The molecule has 1 heterocycles. The van der Waals surface area contributed by atoms with Crippen LogP contribution in [0.15, 0.2) is 17.6 Å². The molecule has 18 heavy (non-hydrogen) atoms. The Balaban J connectivity index is 3.40. The molecule has 0 atom stereocenters. The van der Waals surface area contributed by atoms with E-state index in [1.807, 2.05) is 20.8 Å². The lowest BCUT2D eigenvalue weighted by molar-refractivity contribution is 0.269. The van der Waals surface area contributed by atoms with Crippen molar-refractivity contribution < 1.29 is 8.42 Å². The monoisotopic (exact) mass is 271 g/mol. The molecule has 1 rings (SSSR count). The third kappa shape index (κ3) is 2.64. The van der Waals surface area contributed by atoms with Crippen LogP contribution in [0, 0.1) is 13.8 Å². The van der Waals surface area contributed by atoms with E-state index in [4.69, 9.17) is 0 Å². The number of aryl methyl sites for hydroxylation is 2. The molecule has 0 bridgehead atoms. The van der Waals surface area contributed by atoms with Crippen LogP contribution in [0.25, 0.3) is 0 Å². The Morgan fingerprint density at radius 3 is 2.28 bits per heavy atom. The molecule has 0 aliphatic rings. The number of nitrogens with one attached hydrogen (secondary N) is 1. The zero-order chi connectivity index (χ0) is 14.1. The highest BCUT2D eigenvalue weighted by Crippen LogP contribution is 2.27. The summed E-state index contributed by atoms with van der Waals surface area (Å²) in [6.07, 6.45) is 1.59. The molecule has 0 unspecified atom stereocenters. The van der Waals surface area contributed by atoms with Crippen molar-refractivity contribution in [1.29, 1.82) is 0 Å². The van der Waals surface area contributed by atoms with Gasteiger partial charge in [0.15, 0.2) is 0 Å². The molecule has 0 spiro atoms. The van der Waals surface area contributed by atoms with Crippen LogP contribution in [-0.2, 0) is 10.0 Å². The lowest BCUT2D eigenvalue weighted by Gasteiger charge is -2.33. The molecule has 0 saturated heterocycles. The summed E-state index contributed by atoms with van der Waals surface area (Å²) < 4.78 is 26.8. The van der Waals surface area contributed by atoms with E-state index in [0.29, 0.717) is 11.4 Å². The number of hydrogen-bond acceptors (Lipinski definition) is 3. The summed E-state index contributed by atoms with van der Waals surface area (Å²) in [5.41, 5.74) is 0.542. The molecule has 0 aliphatic heterocycles. The molecule has 102 valence electrons. The van der Waals surface area contributed by atoms with Gasteiger partial charge in [-0.2, -0.15) is 9.40 Å². The molecule has 1 aromatic heterocycles. The fraction of sp³-hybridized carbons (Fsp3) is 0.583. The third-order valence-electron chi connectivity index (χ3n) is 2.65. The van der Waals surface area contributed by atoms with Gasteiger partial charge in [-0.3, -0.25) is 5.10 Å². The standard InChI is InChI=1S/C12H21N3O2S/c1-7-8-15(12(4,5)6)18(16,17)11-9(2)13-14-10(11)3/h7H,1,8H2,2-6H3,(H,13,14). The Bertz CT molecular complexity index is 519. The summed E-state index contributed by atoms with van der Waals surface area (Å²) in [6.45, 7) is 12.9. The summed E-state index contributed by atoms with van der Waals surface area (Å²) in [7, 11) is -3.57. The fourth-order valence-electron chi connectivity index (χ4n) is 1.88. The predicted octanol–water partition coefficient (Wildman–Crippen LogP) is 2.00. The number of sulfonamides is 1. The zero-order valence-electron chi connectivity index (χ0n) is 11.6. The molecule has 0 amide bonds. The van der Waals surface area contributed by atoms with Crippen LogP contribution < -0.4 is 0 Å². The second-order valence-corrected chi connectivity index (χ2v) is 7.06. The van der Waals surface area contributed by atoms with Gasteiger partial charge in [0.1, 0.15) is 4.90 Å². The maximum Gasteiger partial charge on any atom is 0.247 e. The first-order valence-electron chi connectivity index (χ1n) is 5.77. The van der Waals surface area contributed by atoms with Crippen LogP contribution in [0.2, 0.25) is 0 Å². The van der Waals surface area contributed by atoms with Crippen molar-refractivity contribution in [3.8, 4) is 0 Å². The van der Waals surface area contributed by atoms with Gasteiger partial charge in [0.05, 0.1) is 11.4 Å². The Kier molecular flexibility index (Phi) is 4.02. The van der Waals surface area contributed by atoms with Gasteiger partial charge in [-0.1, -0.05) is 6.08 Å². The van der Waals surface area contributed by atoms with Crippen molar-refractivity contribution in [3.05, 3.63) is 24.0 Å². The van der Waals surface area contributed by atoms with Gasteiger partial charge in [-0.05, 0) is 34.6 Å². The molecule has 1 aromatic rings. The minimum atomic E-state index is -3.57. The first-order valence-corrected chi connectivity index (χ1v) is 7.21. The quantitative estimate of drug-likeness (QED) is 0.852.